The second-order valence-electron chi connectivity index (χ2n) is 6.42. The number of nitro benzene ring substituents is 1. The Labute approximate surface area is 155 Å². The number of hydrogen-bond acceptors (Lipinski definition) is 6. The quantitative estimate of drug-likeness (QED) is 0.614. The average molecular weight is 367 g/mol. The molecule has 0 unspecified atom stereocenters. The van der Waals surface area contributed by atoms with Gasteiger partial charge in [0.15, 0.2) is 0 Å². The lowest BCUT2D eigenvalue weighted by atomic mass is 9.85. The first-order chi connectivity index (χ1) is 13.0. The molecule has 0 aromatic heterocycles. The number of amides is 1. The van der Waals surface area contributed by atoms with E-state index in [1.54, 1.807) is 25.3 Å². The van der Waals surface area contributed by atoms with Crippen LogP contribution < -0.4 is 9.47 Å². The van der Waals surface area contributed by atoms with Crippen LogP contribution in [0.5, 0.6) is 11.5 Å². The van der Waals surface area contributed by atoms with E-state index in [-0.39, 0.29) is 23.6 Å². The minimum absolute atomic E-state index is 0.00426. The van der Waals surface area contributed by atoms with Crippen molar-refractivity contribution in [3.8, 4) is 11.5 Å². The second kappa shape index (κ2) is 6.39. The molecular weight excluding hydrogens is 350 g/mol. The summed E-state index contributed by atoms with van der Waals surface area (Å²) < 4.78 is 11.1. The predicted octanol–water partition coefficient (Wildman–Crippen LogP) is 2.92. The first-order valence-electron chi connectivity index (χ1n) is 8.43. The van der Waals surface area contributed by atoms with Crippen LogP contribution in [0.25, 0.3) is 0 Å². The predicted molar refractivity (Wildman–Crippen MR) is 96.9 cm³/mol. The number of methoxy groups -OCH3 is 1. The molecule has 138 valence electrons. The Bertz CT molecular complexity index is 954. The first kappa shape index (κ1) is 17.0. The standard InChI is InChI=1S/C19H17N3O5/c1-11(23)21-19(12-3-5-13(6-4-12)22(24)25)16-10-27-17-9-14(26-2)7-8-15(17)18(16)20-21/h3-9,16,19H,10H2,1-2H3/t16-,19-/m0/s1. The Morgan fingerprint density at radius 3 is 2.67 bits per heavy atom. The van der Waals surface area contributed by atoms with Gasteiger partial charge in [0.1, 0.15) is 11.5 Å². The van der Waals surface area contributed by atoms with E-state index in [2.05, 4.69) is 5.10 Å². The Balaban J connectivity index is 1.74. The zero-order chi connectivity index (χ0) is 19.1. The summed E-state index contributed by atoms with van der Waals surface area (Å²) in [5.41, 5.74) is 2.38. The maximum absolute atomic E-state index is 12.2. The van der Waals surface area contributed by atoms with Crippen LogP contribution in [-0.2, 0) is 4.79 Å². The molecular formula is C19H17N3O5. The minimum atomic E-state index is -0.448. The van der Waals surface area contributed by atoms with Crippen LogP contribution >= 0.6 is 0 Å². The lowest BCUT2D eigenvalue weighted by Gasteiger charge is -2.29. The summed E-state index contributed by atoms with van der Waals surface area (Å²) in [6, 6.07) is 11.3. The van der Waals surface area contributed by atoms with Crippen molar-refractivity contribution >= 4 is 17.3 Å². The van der Waals surface area contributed by atoms with Crippen molar-refractivity contribution in [1.29, 1.82) is 0 Å². The number of non-ortho nitro benzene ring substituents is 1. The third kappa shape index (κ3) is 2.79. The molecule has 0 bridgehead atoms. The first-order valence-corrected chi connectivity index (χ1v) is 8.43. The summed E-state index contributed by atoms with van der Waals surface area (Å²) in [7, 11) is 1.59. The van der Waals surface area contributed by atoms with E-state index in [1.165, 1.54) is 24.1 Å². The molecule has 4 rings (SSSR count). The fourth-order valence-electron chi connectivity index (χ4n) is 3.57. The van der Waals surface area contributed by atoms with Crippen molar-refractivity contribution in [1.82, 2.24) is 5.01 Å². The molecule has 2 aromatic rings. The molecule has 8 heteroatoms. The van der Waals surface area contributed by atoms with Gasteiger partial charge < -0.3 is 9.47 Å². The van der Waals surface area contributed by atoms with Gasteiger partial charge in [0.25, 0.3) is 5.69 Å². The number of ether oxygens (including phenoxy) is 2. The topological polar surface area (TPSA) is 94.3 Å². The Kier molecular flexibility index (Phi) is 4.02. The van der Waals surface area contributed by atoms with Crippen molar-refractivity contribution in [2.24, 2.45) is 11.0 Å². The largest absolute Gasteiger partial charge is 0.497 e. The van der Waals surface area contributed by atoms with E-state index in [0.717, 1.165) is 16.8 Å². The van der Waals surface area contributed by atoms with Crippen LogP contribution in [-0.4, -0.2) is 35.3 Å². The van der Waals surface area contributed by atoms with Gasteiger partial charge in [0.05, 0.1) is 36.3 Å². The van der Waals surface area contributed by atoms with Crippen molar-refractivity contribution in [3.05, 3.63) is 63.7 Å². The van der Waals surface area contributed by atoms with Crippen LogP contribution in [0.1, 0.15) is 24.1 Å². The minimum Gasteiger partial charge on any atom is -0.497 e. The molecule has 8 nitrogen and oxygen atoms in total. The van der Waals surface area contributed by atoms with Gasteiger partial charge in [0, 0.05) is 30.7 Å². The average Bonchev–Trinajstić information content (AvgIpc) is 3.07. The number of rotatable bonds is 3. The highest BCUT2D eigenvalue weighted by molar-refractivity contribution is 6.07. The van der Waals surface area contributed by atoms with Gasteiger partial charge in [-0.2, -0.15) is 5.10 Å². The van der Waals surface area contributed by atoms with Crippen molar-refractivity contribution in [3.63, 3.8) is 0 Å². The van der Waals surface area contributed by atoms with Gasteiger partial charge in [0.2, 0.25) is 5.91 Å². The highest BCUT2D eigenvalue weighted by Gasteiger charge is 2.44. The van der Waals surface area contributed by atoms with E-state index in [4.69, 9.17) is 9.47 Å². The number of nitrogens with zero attached hydrogens (tertiary/aromatic N) is 3. The maximum atomic E-state index is 12.2. The zero-order valence-corrected chi connectivity index (χ0v) is 14.8. The lowest BCUT2D eigenvalue weighted by molar-refractivity contribution is -0.384. The number of carbonyl (C=O) groups excluding carboxylic acids is 1. The molecule has 0 aliphatic carbocycles. The normalized spacial score (nSPS) is 20.2. The molecule has 2 heterocycles. The van der Waals surface area contributed by atoms with Gasteiger partial charge >= 0.3 is 0 Å². The molecule has 0 saturated heterocycles. The molecule has 0 radical (unpaired) electrons. The van der Waals surface area contributed by atoms with E-state index in [9.17, 15) is 14.9 Å². The molecule has 0 fully saturated rings. The van der Waals surface area contributed by atoms with Crippen LogP contribution in [0.15, 0.2) is 47.6 Å². The third-order valence-corrected chi connectivity index (χ3v) is 4.86. The van der Waals surface area contributed by atoms with E-state index >= 15 is 0 Å². The van der Waals surface area contributed by atoms with E-state index in [1.807, 2.05) is 12.1 Å². The highest BCUT2D eigenvalue weighted by atomic mass is 16.6. The maximum Gasteiger partial charge on any atom is 0.269 e. The van der Waals surface area contributed by atoms with Gasteiger partial charge in [-0.05, 0) is 17.7 Å². The van der Waals surface area contributed by atoms with Gasteiger partial charge in [-0.15, -0.1) is 0 Å². The number of hydrazone groups is 1. The summed E-state index contributed by atoms with van der Waals surface area (Å²) in [5.74, 6) is 0.991. The Hall–Kier alpha value is -3.42. The van der Waals surface area contributed by atoms with Crippen molar-refractivity contribution in [2.75, 3.05) is 13.7 Å². The molecule has 27 heavy (non-hydrogen) atoms. The smallest absolute Gasteiger partial charge is 0.269 e. The summed E-state index contributed by atoms with van der Waals surface area (Å²) in [6.07, 6.45) is 0. The number of benzene rings is 2. The fraction of sp³-hybridized carbons (Fsp3) is 0.263. The third-order valence-electron chi connectivity index (χ3n) is 4.86. The zero-order valence-electron chi connectivity index (χ0n) is 14.8. The highest BCUT2D eigenvalue weighted by Crippen LogP contribution is 2.43. The molecule has 2 aliphatic heterocycles. The Morgan fingerprint density at radius 1 is 1.30 bits per heavy atom. The van der Waals surface area contributed by atoms with Crippen molar-refractivity contribution in [2.45, 2.75) is 13.0 Å². The van der Waals surface area contributed by atoms with E-state index < -0.39 is 4.92 Å². The number of fused-ring (bicyclic) bond motifs is 3. The molecule has 0 saturated carbocycles. The van der Waals surface area contributed by atoms with Crippen LogP contribution in [0.4, 0.5) is 5.69 Å². The molecule has 0 N–H and O–H groups in total. The van der Waals surface area contributed by atoms with E-state index in [0.29, 0.717) is 18.1 Å². The van der Waals surface area contributed by atoms with Crippen molar-refractivity contribution < 1.29 is 19.2 Å². The van der Waals surface area contributed by atoms with Gasteiger partial charge in [-0.25, -0.2) is 5.01 Å². The van der Waals surface area contributed by atoms with Gasteiger partial charge in [-0.1, -0.05) is 12.1 Å². The summed E-state index contributed by atoms with van der Waals surface area (Å²) in [4.78, 5) is 22.7. The van der Waals surface area contributed by atoms with Gasteiger partial charge in [-0.3, -0.25) is 14.9 Å². The van der Waals surface area contributed by atoms with Crippen LogP contribution in [0, 0.1) is 16.0 Å². The molecule has 2 aliphatic rings. The molecule has 0 spiro atoms. The van der Waals surface area contributed by atoms with Crippen LogP contribution in [0.2, 0.25) is 0 Å². The number of hydrogen-bond donors (Lipinski definition) is 0. The SMILES string of the molecule is COc1ccc2c(c1)OC[C@H]1C2=NN(C(C)=O)[C@H]1c1ccc([N+](=O)[O-])cc1. The fourth-order valence-corrected chi connectivity index (χ4v) is 3.57. The molecule has 2 aromatic carbocycles. The Morgan fingerprint density at radius 2 is 2.04 bits per heavy atom. The summed E-state index contributed by atoms with van der Waals surface area (Å²) in [6.45, 7) is 1.81. The summed E-state index contributed by atoms with van der Waals surface area (Å²) in [5, 5.41) is 16.9. The number of nitro groups is 1. The number of carbonyl (C=O) groups is 1. The lowest BCUT2D eigenvalue weighted by Crippen LogP contribution is -2.34. The second-order valence-corrected chi connectivity index (χ2v) is 6.42. The monoisotopic (exact) mass is 367 g/mol. The molecule has 1 amide bonds. The summed E-state index contributed by atoms with van der Waals surface area (Å²) >= 11 is 0. The van der Waals surface area contributed by atoms with Crippen LogP contribution in [0.3, 0.4) is 0 Å². The molecule has 2 atom stereocenters.